The zero-order chi connectivity index (χ0) is 18.0. The van der Waals surface area contributed by atoms with Crippen molar-refractivity contribution in [2.24, 2.45) is 0 Å². The second-order valence-corrected chi connectivity index (χ2v) is 5.60. The Morgan fingerprint density at radius 2 is 2.00 bits per heavy atom. The van der Waals surface area contributed by atoms with Crippen LogP contribution in [0.25, 0.3) is 0 Å². The van der Waals surface area contributed by atoms with Gasteiger partial charge in [-0.25, -0.2) is 4.79 Å². The van der Waals surface area contributed by atoms with Crippen molar-refractivity contribution in [1.29, 1.82) is 0 Å². The van der Waals surface area contributed by atoms with Crippen LogP contribution in [0.15, 0.2) is 36.4 Å². The molecule has 0 radical (unpaired) electrons. The Morgan fingerprint density at radius 3 is 2.68 bits per heavy atom. The van der Waals surface area contributed by atoms with Crippen LogP contribution in [-0.4, -0.2) is 26.1 Å². The first-order valence-corrected chi connectivity index (χ1v) is 7.70. The third kappa shape index (κ3) is 3.24. The molecular weight excluding hydrogens is 348 g/mol. The number of ether oxygens (including phenoxy) is 3. The number of hydrogen-bond donors (Lipinski definition) is 2. The summed E-state index contributed by atoms with van der Waals surface area (Å²) in [5.41, 5.74) is 6.36. The summed E-state index contributed by atoms with van der Waals surface area (Å²) in [4.78, 5) is 24.3. The van der Waals surface area contributed by atoms with Crippen LogP contribution in [0.1, 0.15) is 32.5 Å². The molecule has 0 unspecified atom stereocenters. The van der Waals surface area contributed by atoms with E-state index in [1.807, 2.05) is 0 Å². The Kier molecular flexibility index (Phi) is 4.78. The molecule has 0 bridgehead atoms. The van der Waals surface area contributed by atoms with Gasteiger partial charge in [0.2, 0.25) is 0 Å². The lowest BCUT2D eigenvalue weighted by Gasteiger charge is -2.14. The smallest absolute Gasteiger partial charge is 0.344 e. The number of benzene rings is 2. The average Bonchev–Trinajstić information content (AvgIpc) is 2.94. The van der Waals surface area contributed by atoms with Crippen molar-refractivity contribution in [3.63, 3.8) is 0 Å². The number of esters is 1. The molecule has 0 aliphatic carbocycles. The van der Waals surface area contributed by atoms with Crippen LogP contribution in [0, 0.1) is 0 Å². The molecule has 1 amide bonds. The van der Waals surface area contributed by atoms with Gasteiger partial charge in [0.05, 0.1) is 14.2 Å². The Balaban J connectivity index is 1.78. The molecule has 0 fully saturated rings. The molecule has 130 valence electrons. The standard InChI is InChI=1S/C17H15ClN2O5/c1-23-12-7-6-11-13(14(12)24-2)17(22)25-16(11)20-19-15(21)9-4-3-5-10(18)8-9/h3-8,16,20H,1-2H3,(H,19,21)/t16-/m1/s1. The van der Waals surface area contributed by atoms with E-state index < -0.39 is 18.1 Å². The molecule has 1 aliphatic rings. The lowest BCUT2D eigenvalue weighted by molar-refractivity contribution is 0.0260. The number of hydrogen-bond acceptors (Lipinski definition) is 6. The average molecular weight is 363 g/mol. The number of hydrazine groups is 1. The van der Waals surface area contributed by atoms with Crippen molar-refractivity contribution in [3.8, 4) is 11.5 Å². The molecule has 0 aromatic heterocycles. The van der Waals surface area contributed by atoms with Crippen LogP contribution < -0.4 is 20.3 Å². The van der Waals surface area contributed by atoms with Gasteiger partial charge in [0.15, 0.2) is 17.7 Å². The molecule has 25 heavy (non-hydrogen) atoms. The highest BCUT2D eigenvalue weighted by Crippen LogP contribution is 2.40. The highest BCUT2D eigenvalue weighted by atomic mass is 35.5. The van der Waals surface area contributed by atoms with Crippen molar-refractivity contribution < 1.29 is 23.8 Å². The Labute approximate surface area is 148 Å². The summed E-state index contributed by atoms with van der Waals surface area (Å²) in [6.07, 6.45) is -0.842. The highest BCUT2D eigenvalue weighted by Gasteiger charge is 2.36. The first-order valence-electron chi connectivity index (χ1n) is 7.32. The van der Waals surface area contributed by atoms with Crippen LogP contribution in [-0.2, 0) is 4.74 Å². The second-order valence-electron chi connectivity index (χ2n) is 5.16. The number of nitrogens with one attached hydrogen (secondary N) is 2. The fraction of sp³-hybridized carbons (Fsp3) is 0.176. The van der Waals surface area contributed by atoms with E-state index >= 15 is 0 Å². The van der Waals surface area contributed by atoms with Crippen LogP contribution in [0.3, 0.4) is 0 Å². The van der Waals surface area contributed by atoms with Crippen molar-refractivity contribution in [2.45, 2.75) is 6.23 Å². The Morgan fingerprint density at radius 1 is 1.20 bits per heavy atom. The molecule has 1 atom stereocenters. The zero-order valence-corrected chi connectivity index (χ0v) is 14.2. The number of halogens is 1. The molecule has 3 rings (SSSR count). The molecule has 0 spiro atoms. The minimum absolute atomic E-state index is 0.261. The van der Waals surface area contributed by atoms with E-state index in [0.717, 1.165) is 0 Å². The third-order valence-electron chi connectivity index (χ3n) is 3.69. The topological polar surface area (TPSA) is 85.9 Å². The molecule has 0 saturated heterocycles. The molecule has 1 aliphatic heterocycles. The number of carbonyl (C=O) groups excluding carboxylic acids is 2. The normalized spacial score (nSPS) is 15.3. The van der Waals surface area contributed by atoms with E-state index in [4.69, 9.17) is 25.8 Å². The van der Waals surface area contributed by atoms with Crippen LogP contribution >= 0.6 is 11.6 Å². The minimum atomic E-state index is -0.842. The van der Waals surface area contributed by atoms with Gasteiger partial charge in [-0.2, -0.15) is 5.43 Å². The van der Waals surface area contributed by atoms with Crippen molar-refractivity contribution in [1.82, 2.24) is 10.9 Å². The van der Waals surface area contributed by atoms with Crippen molar-refractivity contribution in [3.05, 3.63) is 58.1 Å². The van der Waals surface area contributed by atoms with E-state index in [9.17, 15) is 9.59 Å². The maximum Gasteiger partial charge on any atom is 0.344 e. The van der Waals surface area contributed by atoms with Crippen LogP contribution in [0.2, 0.25) is 5.02 Å². The van der Waals surface area contributed by atoms with Crippen molar-refractivity contribution >= 4 is 23.5 Å². The number of methoxy groups -OCH3 is 2. The lowest BCUT2D eigenvalue weighted by Crippen LogP contribution is -2.40. The third-order valence-corrected chi connectivity index (χ3v) is 3.93. The molecule has 2 N–H and O–H groups in total. The molecule has 8 heteroatoms. The summed E-state index contributed by atoms with van der Waals surface area (Å²) in [7, 11) is 2.92. The number of amides is 1. The fourth-order valence-corrected chi connectivity index (χ4v) is 2.73. The van der Waals surface area contributed by atoms with E-state index in [2.05, 4.69) is 10.9 Å². The van der Waals surface area contributed by atoms with Crippen LogP contribution in [0.4, 0.5) is 0 Å². The summed E-state index contributed by atoms with van der Waals surface area (Å²) in [6, 6.07) is 9.81. The predicted octanol–water partition coefficient (Wildman–Crippen LogP) is 2.46. The molecule has 2 aromatic carbocycles. The summed E-state index contributed by atoms with van der Waals surface area (Å²) in [5.74, 6) is -0.273. The quantitative estimate of drug-likeness (QED) is 0.627. The van der Waals surface area contributed by atoms with E-state index in [1.165, 1.54) is 20.3 Å². The SMILES string of the molecule is COc1ccc2c(c1OC)C(=O)O[C@H]2NNC(=O)c1cccc(Cl)c1. The second kappa shape index (κ2) is 7.00. The molecule has 0 saturated carbocycles. The molecular formula is C17H15ClN2O5. The maximum absolute atomic E-state index is 12.2. The predicted molar refractivity (Wildman–Crippen MR) is 89.8 cm³/mol. The summed E-state index contributed by atoms with van der Waals surface area (Å²) >= 11 is 5.87. The van der Waals surface area contributed by atoms with E-state index in [0.29, 0.717) is 21.9 Å². The molecule has 1 heterocycles. The molecule has 2 aromatic rings. The number of rotatable bonds is 5. The minimum Gasteiger partial charge on any atom is -0.493 e. The van der Waals surface area contributed by atoms with Gasteiger partial charge >= 0.3 is 5.97 Å². The summed E-state index contributed by atoms with van der Waals surface area (Å²) in [5, 5.41) is 0.446. The van der Waals surface area contributed by atoms with Crippen molar-refractivity contribution in [2.75, 3.05) is 14.2 Å². The van der Waals surface area contributed by atoms with Gasteiger partial charge in [0.25, 0.3) is 5.91 Å². The van der Waals surface area contributed by atoms with Gasteiger partial charge in [-0.05, 0) is 30.3 Å². The largest absolute Gasteiger partial charge is 0.493 e. The number of carbonyl (C=O) groups is 2. The Bertz CT molecular complexity index is 840. The summed E-state index contributed by atoms with van der Waals surface area (Å²) in [6.45, 7) is 0. The first kappa shape index (κ1) is 17.1. The van der Waals surface area contributed by atoms with Gasteiger partial charge in [-0.1, -0.05) is 17.7 Å². The van der Waals surface area contributed by atoms with Gasteiger partial charge in [0.1, 0.15) is 5.56 Å². The summed E-state index contributed by atoms with van der Waals surface area (Å²) < 4.78 is 15.7. The van der Waals surface area contributed by atoms with E-state index in [-0.39, 0.29) is 11.3 Å². The fourth-order valence-electron chi connectivity index (χ4n) is 2.54. The highest BCUT2D eigenvalue weighted by molar-refractivity contribution is 6.30. The maximum atomic E-state index is 12.2. The van der Waals surface area contributed by atoms with Gasteiger partial charge < -0.3 is 14.2 Å². The zero-order valence-electron chi connectivity index (χ0n) is 13.5. The van der Waals surface area contributed by atoms with Gasteiger partial charge in [0, 0.05) is 16.1 Å². The number of fused-ring (bicyclic) bond motifs is 1. The van der Waals surface area contributed by atoms with Gasteiger partial charge in [-0.15, -0.1) is 0 Å². The van der Waals surface area contributed by atoms with Gasteiger partial charge in [-0.3, -0.25) is 10.2 Å². The molecule has 7 nitrogen and oxygen atoms in total. The number of cyclic esters (lactones) is 1. The van der Waals surface area contributed by atoms with Crippen LogP contribution in [0.5, 0.6) is 11.5 Å². The lowest BCUT2D eigenvalue weighted by atomic mass is 10.1. The Hall–Kier alpha value is -2.77. The first-order chi connectivity index (χ1) is 12.0. The monoisotopic (exact) mass is 362 g/mol. The van der Waals surface area contributed by atoms with E-state index in [1.54, 1.807) is 30.3 Å².